The van der Waals surface area contributed by atoms with Gasteiger partial charge in [0, 0.05) is 39.4 Å². The van der Waals surface area contributed by atoms with Crippen LogP contribution < -0.4 is 15.5 Å². The van der Waals surface area contributed by atoms with Gasteiger partial charge in [0.15, 0.2) is 0 Å². The van der Waals surface area contributed by atoms with Crippen LogP contribution in [0.15, 0.2) is 72.9 Å². The number of ether oxygens (including phenoxy) is 1. The van der Waals surface area contributed by atoms with Crippen LogP contribution in [-0.4, -0.2) is 41.8 Å². The Morgan fingerprint density at radius 3 is 2.62 bits per heavy atom. The molecule has 10 heteroatoms. The number of amides is 3. The van der Waals surface area contributed by atoms with Crippen molar-refractivity contribution in [2.45, 2.75) is 18.0 Å². The third kappa shape index (κ3) is 3.25. The highest BCUT2D eigenvalue weighted by Gasteiger charge is 2.70. The molecule has 0 bridgehead atoms. The summed E-state index contributed by atoms with van der Waals surface area (Å²) in [6.45, 7) is 0. The van der Waals surface area contributed by atoms with E-state index in [2.05, 4.69) is 15.6 Å². The van der Waals surface area contributed by atoms with E-state index in [1.807, 2.05) is 30.5 Å². The summed E-state index contributed by atoms with van der Waals surface area (Å²) < 4.78 is 4.92. The number of aromatic amines is 1. The number of para-hydroxylation sites is 2. The number of halogens is 1. The van der Waals surface area contributed by atoms with Crippen molar-refractivity contribution in [1.29, 1.82) is 0 Å². The van der Waals surface area contributed by atoms with Crippen LogP contribution in [-0.2, 0) is 31.1 Å². The Kier molecular flexibility index (Phi) is 5.39. The molecular formula is C30H23ClN4O5. The summed E-state index contributed by atoms with van der Waals surface area (Å²) in [4.78, 5) is 59.3. The summed E-state index contributed by atoms with van der Waals surface area (Å²) in [6.07, 6.45) is 2.26. The molecule has 3 aliphatic heterocycles. The van der Waals surface area contributed by atoms with Gasteiger partial charge in [-0.1, -0.05) is 41.9 Å². The standard InChI is InChI=1S/C30H23ClN4O5/c1-40-28(38)18-7-3-5-9-23(18)35-26(36)24-22(12-15-14-32-20-8-4-2-6-17(15)20)34-30(25(24)27(35)37)19-13-16(31)10-11-21(19)33-29(30)39/h2-11,13-14,22,24-25,32,34H,12H2,1H3,(H,33,39)/t22-,24-,25+,30-/m1/s1. The topological polar surface area (TPSA) is 121 Å². The predicted octanol–water partition coefficient (Wildman–Crippen LogP) is 3.78. The minimum Gasteiger partial charge on any atom is -0.465 e. The molecule has 2 fully saturated rings. The van der Waals surface area contributed by atoms with Gasteiger partial charge >= 0.3 is 5.97 Å². The summed E-state index contributed by atoms with van der Waals surface area (Å²) in [5, 5.41) is 7.72. The fraction of sp³-hybridized carbons (Fsp3) is 0.200. The fourth-order valence-electron chi connectivity index (χ4n) is 6.67. The first-order valence-electron chi connectivity index (χ1n) is 12.8. The van der Waals surface area contributed by atoms with Gasteiger partial charge in [-0.25, -0.2) is 9.69 Å². The van der Waals surface area contributed by atoms with Crippen LogP contribution in [0.1, 0.15) is 21.5 Å². The molecule has 4 heterocycles. The highest BCUT2D eigenvalue weighted by Crippen LogP contribution is 2.54. The van der Waals surface area contributed by atoms with Gasteiger partial charge in [0.25, 0.3) is 0 Å². The van der Waals surface area contributed by atoms with Crippen molar-refractivity contribution in [3.8, 4) is 0 Å². The van der Waals surface area contributed by atoms with Crippen molar-refractivity contribution in [3.05, 3.63) is 94.6 Å². The molecule has 3 N–H and O–H groups in total. The number of carbonyl (C=O) groups is 4. The Labute approximate surface area is 233 Å². The lowest BCUT2D eigenvalue weighted by molar-refractivity contribution is -0.130. The van der Waals surface area contributed by atoms with Gasteiger partial charge < -0.3 is 15.0 Å². The largest absolute Gasteiger partial charge is 0.465 e. The third-order valence-electron chi connectivity index (χ3n) is 8.34. The van der Waals surface area contributed by atoms with Crippen molar-refractivity contribution in [2.75, 3.05) is 17.3 Å². The number of nitrogens with one attached hydrogen (secondary N) is 3. The predicted molar refractivity (Wildman–Crippen MR) is 148 cm³/mol. The van der Waals surface area contributed by atoms with Gasteiger partial charge in [-0.05, 0) is 48.4 Å². The number of carbonyl (C=O) groups excluding carboxylic acids is 4. The maximum absolute atomic E-state index is 14.3. The number of imide groups is 1. The van der Waals surface area contributed by atoms with Crippen molar-refractivity contribution in [3.63, 3.8) is 0 Å². The zero-order valence-corrected chi connectivity index (χ0v) is 22.0. The van der Waals surface area contributed by atoms with Crippen LogP contribution in [0.2, 0.25) is 5.02 Å². The second-order valence-electron chi connectivity index (χ2n) is 10.3. The molecule has 2 saturated heterocycles. The molecular weight excluding hydrogens is 532 g/mol. The van der Waals surface area contributed by atoms with Crippen LogP contribution in [0, 0.1) is 11.8 Å². The van der Waals surface area contributed by atoms with Gasteiger partial charge in [-0.2, -0.15) is 0 Å². The molecule has 0 aliphatic carbocycles. The number of aromatic nitrogens is 1. The van der Waals surface area contributed by atoms with Crippen LogP contribution in [0.4, 0.5) is 11.4 Å². The average molecular weight is 555 g/mol. The number of hydrogen-bond acceptors (Lipinski definition) is 6. The lowest BCUT2D eigenvalue weighted by Gasteiger charge is -2.30. The number of fused-ring (bicyclic) bond motifs is 5. The number of methoxy groups -OCH3 is 1. The van der Waals surface area contributed by atoms with E-state index in [4.69, 9.17) is 16.3 Å². The van der Waals surface area contributed by atoms with Crippen LogP contribution >= 0.6 is 11.6 Å². The second kappa shape index (κ2) is 8.77. The Balaban J connectivity index is 1.40. The third-order valence-corrected chi connectivity index (χ3v) is 8.58. The number of benzene rings is 3. The van der Waals surface area contributed by atoms with Crippen molar-refractivity contribution in [1.82, 2.24) is 10.3 Å². The van der Waals surface area contributed by atoms with Crippen molar-refractivity contribution >= 4 is 57.6 Å². The first-order valence-corrected chi connectivity index (χ1v) is 13.2. The fourth-order valence-corrected chi connectivity index (χ4v) is 6.85. The SMILES string of the molecule is COC(=O)c1ccccc1N1C(=O)[C@H]2[C@@H](C1=O)[C@@]1(N[C@@H]2Cc2c[nH]c3ccccc23)C(=O)Nc2ccc(Cl)cc21. The normalized spacial score (nSPS) is 25.0. The van der Waals surface area contributed by atoms with Crippen molar-refractivity contribution in [2.24, 2.45) is 11.8 Å². The first kappa shape index (κ1) is 24.6. The number of esters is 1. The van der Waals surface area contributed by atoms with E-state index in [0.717, 1.165) is 21.4 Å². The summed E-state index contributed by atoms with van der Waals surface area (Å²) in [5.74, 6) is -4.10. The van der Waals surface area contributed by atoms with E-state index in [1.165, 1.54) is 19.2 Å². The van der Waals surface area contributed by atoms with Crippen LogP contribution in [0.3, 0.4) is 0 Å². The van der Waals surface area contributed by atoms with Gasteiger partial charge in [0.05, 0.1) is 30.2 Å². The molecule has 40 heavy (non-hydrogen) atoms. The van der Waals surface area contributed by atoms with Crippen LogP contribution in [0.5, 0.6) is 0 Å². The van der Waals surface area contributed by atoms with E-state index in [1.54, 1.807) is 30.3 Å². The van der Waals surface area contributed by atoms with Gasteiger partial charge in [0.2, 0.25) is 17.7 Å². The summed E-state index contributed by atoms with van der Waals surface area (Å²) in [7, 11) is 1.24. The average Bonchev–Trinajstić information content (AvgIpc) is 3.67. The molecule has 4 aromatic rings. The van der Waals surface area contributed by atoms with Gasteiger partial charge in [0.1, 0.15) is 5.54 Å². The Bertz CT molecular complexity index is 1770. The smallest absolute Gasteiger partial charge is 0.339 e. The number of anilines is 2. The van der Waals surface area contributed by atoms with Crippen molar-refractivity contribution < 1.29 is 23.9 Å². The minimum atomic E-state index is -1.52. The number of hydrogen-bond donors (Lipinski definition) is 3. The Morgan fingerprint density at radius 2 is 1.80 bits per heavy atom. The maximum Gasteiger partial charge on any atom is 0.339 e. The molecule has 3 aromatic carbocycles. The summed E-state index contributed by atoms with van der Waals surface area (Å²) in [5.41, 5.74) is 1.63. The molecule has 0 unspecified atom stereocenters. The molecule has 4 atom stereocenters. The lowest BCUT2D eigenvalue weighted by Crippen LogP contribution is -2.53. The molecule has 0 radical (unpaired) electrons. The number of rotatable bonds is 4. The van der Waals surface area contributed by atoms with E-state index >= 15 is 0 Å². The first-order chi connectivity index (χ1) is 19.3. The number of H-pyrrole nitrogens is 1. The quantitative estimate of drug-likeness (QED) is 0.261. The zero-order valence-electron chi connectivity index (χ0n) is 21.2. The van der Waals surface area contributed by atoms with E-state index in [9.17, 15) is 19.2 Å². The molecule has 3 aliphatic rings. The second-order valence-corrected chi connectivity index (χ2v) is 10.7. The summed E-state index contributed by atoms with van der Waals surface area (Å²) in [6, 6.07) is 18.6. The number of nitrogens with zero attached hydrogens (tertiary/aromatic N) is 1. The molecule has 0 saturated carbocycles. The molecule has 1 spiro atoms. The Morgan fingerprint density at radius 1 is 1.02 bits per heavy atom. The van der Waals surface area contributed by atoms with Crippen LogP contribution in [0.25, 0.3) is 10.9 Å². The van der Waals surface area contributed by atoms with Gasteiger partial charge in [-0.3, -0.25) is 19.7 Å². The minimum absolute atomic E-state index is 0.0844. The molecule has 1 aromatic heterocycles. The van der Waals surface area contributed by atoms with E-state index < -0.39 is 47.1 Å². The lowest BCUT2D eigenvalue weighted by atomic mass is 9.76. The highest BCUT2D eigenvalue weighted by atomic mass is 35.5. The highest BCUT2D eigenvalue weighted by molar-refractivity contribution is 6.31. The molecule has 9 nitrogen and oxygen atoms in total. The summed E-state index contributed by atoms with van der Waals surface area (Å²) >= 11 is 6.37. The molecule has 3 amide bonds. The van der Waals surface area contributed by atoms with E-state index in [0.29, 0.717) is 22.7 Å². The van der Waals surface area contributed by atoms with E-state index in [-0.39, 0.29) is 11.3 Å². The Hall–Kier alpha value is -4.47. The van der Waals surface area contributed by atoms with Gasteiger partial charge in [-0.15, -0.1) is 0 Å². The monoisotopic (exact) mass is 554 g/mol. The molecule has 200 valence electrons. The maximum atomic E-state index is 14.3. The zero-order chi connectivity index (χ0) is 27.8. The molecule has 7 rings (SSSR count).